The number of anilines is 2. The molecule has 8 rings (SSSR count). The summed E-state index contributed by atoms with van der Waals surface area (Å²) in [5.74, 6) is -5.17. The minimum Gasteiger partial charge on any atom is -0.461 e. The lowest BCUT2D eigenvalue weighted by atomic mass is 9.89. The Morgan fingerprint density at radius 2 is 1.80 bits per heavy atom. The van der Waals surface area contributed by atoms with Crippen molar-refractivity contribution < 1.29 is 35.5 Å². The molecule has 0 radical (unpaired) electrons. The molecule has 5 fully saturated rings. The Kier molecular flexibility index (Phi) is 6.36. The van der Waals surface area contributed by atoms with Crippen molar-refractivity contribution in [3.63, 3.8) is 0 Å². The second kappa shape index (κ2) is 9.78. The largest absolute Gasteiger partial charge is 0.461 e. The molecular weight excluding hydrogens is 619 g/mol. The van der Waals surface area contributed by atoms with E-state index >= 15 is 8.78 Å². The fraction of sp³-hybridized carbons (Fsp3) is 0.581. The third-order valence-corrected chi connectivity index (χ3v) is 10.8. The molecule has 0 amide bonds. The zero-order chi connectivity index (χ0) is 32.4. The number of hydrogen-bond acceptors (Lipinski definition) is 8. The molecule has 3 aromatic rings. The Bertz CT molecular complexity index is 1760. The summed E-state index contributed by atoms with van der Waals surface area (Å²) in [7, 11) is 0. The summed E-state index contributed by atoms with van der Waals surface area (Å²) < 4.78 is 109. The number of alkyl halides is 5. The van der Waals surface area contributed by atoms with Crippen molar-refractivity contribution in [2.45, 2.75) is 75.2 Å². The third kappa shape index (κ3) is 4.44. The van der Waals surface area contributed by atoms with Crippen LogP contribution in [0.15, 0.2) is 12.3 Å². The Balaban J connectivity index is 1.24. The summed E-state index contributed by atoms with van der Waals surface area (Å²) in [5, 5.41) is 3.63. The average Bonchev–Trinajstić information content (AvgIpc) is 3.31. The van der Waals surface area contributed by atoms with Crippen LogP contribution in [0.3, 0.4) is 0 Å². The molecule has 1 spiro atoms. The molecule has 246 valence electrons. The summed E-state index contributed by atoms with van der Waals surface area (Å²) in [6.45, 7) is 3.09. The topological polar surface area (TPSA) is 92.4 Å². The molecule has 1 saturated carbocycles. The molecular formula is C31H32F7N7O. The van der Waals surface area contributed by atoms with E-state index in [0.29, 0.717) is 26.1 Å². The zero-order valence-corrected chi connectivity index (χ0v) is 25.0. The van der Waals surface area contributed by atoms with Crippen LogP contribution in [-0.4, -0.2) is 76.2 Å². The van der Waals surface area contributed by atoms with Crippen LogP contribution in [0.5, 0.6) is 6.01 Å². The number of halogens is 7. The van der Waals surface area contributed by atoms with Crippen LogP contribution >= 0.6 is 0 Å². The van der Waals surface area contributed by atoms with Gasteiger partial charge in [0.15, 0.2) is 11.6 Å². The van der Waals surface area contributed by atoms with E-state index in [-0.39, 0.29) is 66.4 Å². The highest BCUT2D eigenvalue weighted by molar-refractivity contribution is 5.92. The molecule has 4 saturated heterocycles. The number of rotatable bonds is 5. The number of nitrogen functional groups attached to an aromatic ring is 1. The molecule has 46 heavy (non-hydrogen) atoms. The smallest absolute Gasteiger partial charge is 0.417 e. The van der Waals surface area contributed by atoms with Gasteiger partial charge in [0.25, 0.3) is 5.92 Å². The van der Waals surface area contributed by atoms with Crippen molar-refractivity contribution in [3.05, 3.63) is 35.0 Å². The van der Waals surface area contributed by atoms with Crippen LogP contribution in [0.25, 0.3) is 22.2 Å². The number of pyridine rings is 1. The molecule has 8 nitrogen and oxygen atoms in total. The second-order valence-electron chi connectivity index (χ2n) is 13.8. The summed E-state index contributed by atoms with van der Waals surface area (Å²) in [6.07, 6.45) is -0.467. The van der Waals surface area contributed by atoms with Gasteiger partial charge >= 0.3 is 12.2 Å². The highest BCUT2D eigenvalue weighted by atomic mass is 19.4. The van der Waals surface area contributed by atoms with Gasteiger partial charge in [0.05, 0.1) is 33.2 Å². The van der Waals surface area contributed by atoms with E-state index in [0.717, 1.165) is 38.4 Å². The maximum absolute atomic E-state index is 16.5. The molecule has 1 aliphatic carbocycles. The van der Waals surface area contributed by atoms with Gasteiger partial charge in [-0.2, -0.15) is 23.1 Å². The van der Waals surface area contributed by atoms with Crippen LogP contribution in [0.1, 0.15) is 49.7 Å². The third-order valence-electron chi connectivity index (χ3n) is 10.8. The van der Waals surface area contributed by atoms with E-state index in [4.69, 9.17) is 10.5 Å². The van der Waals surface area contributed by atoms with Crippen molar-refractivity contribution in [1.29, 1.82) is 0 Å². The SMILES string of the molecule is Cc1cc(N)c(F)c(-c2ncc3c(N4C[C@H]5CC[C@@H](C4)N5)nc(OC[C@@]45CCCN4C[C@@]4(CC4(F)F)C5)nc3c2F)c1C(F)(F)F. The molecule has 6 heterocycles. The number of aromatic nitrogens is 3. The Labute approximate surface area is 259 Å². The maximum atomic E-state index is 16.5. The van der Waals surface area contributed by atoms with Crippen LogP contribution in [0.2, 0.25) is 0 Å². The molecule has 0 unspecified atom stereocenters. The van der Waals surface area contributed by atoms with Gasteiger partial charge in [-0.3, -0.25) is 9.88 Å². The van der Waals surface area contributed by atoms with Crippen LogP contribution in [0.4, 0.5) is 42.2 Å². The molecule has 15 heteroatoms. The van der Waals surface area contributed by atoms with Gasteiger partial charge in [0, 0.05) is 44.3 Å². The number of hydrogen-bond donors (Lipinski definition) is 2. The first-order chi connectivity index (χ1) is 21.7. The Hall–Kier alpha value is -3.46. The highest BCUT2D eigenvalue weighted by Gasteiger charge is 2.77. The normalized spacial score (nSPS) is 30.0. The van der Waals surface area contributed by atoms with Gasteiger partial charge in [-0.1, -0.05) is 0 Å². The predicted molar refractivity (Wildman–Crippen MR) is 155 cm³/mol. The van der Waals surface area contributed by atoms with E-state index in [9.17, 15) is 22.0 Å². The Morgan fingerprint density at radius 3 is 2.48 bits per heavy atom. The minimum absolute atomic E-state index is 0.0105. The fourth-order valence-electron chi connectivity index (χ4n) is 8.53. The van der Waals surface area contributed by atoms with Gasteiger partial charge in [0.1, 0.15) is 23.6 Å². The van der Waals surface area contributed by atoms with E-state index in [2.05, 4.69) is 20.3 Å². The van der Waals surface area contributed by atoms with Gasteiger partial charge in [-0.05, 0) is 57.2 Å². The zero-order valence-electron chi connectivity index (χ0n) is 25.0. The molecule has 5 aliphatic rings. The lowest BCUT2D eigenvalue weighted by molar-refractivity contribution is -0.137. The summed E-state index contributed by atoms with van der Waals surface area (Å²) in [5.41, 5.74) is -0.775. The molecule has 4 aliphatic heterocycles. The lowest BCUT2D eigenvalue weighted by Gasteiger charge is -2.34. The number of ether oxygens (including phenoxy) is 1. The number of nitrogens with zero attached hydrogens (tertiary/aromatic N) is 5. The van der Waals surface area contributed by atoms with Crippen LogP contribution in [-0.2, 0) is 6.18 Å². The van der Waals surface area contributed by atoms with Crippen molar-refractivity contribution >= 4 is 22.4 Å². The number of piperazine rings is 1. The van der Waals surface area contributed by atoms with Gasteiger partial charge in [0.2, 0.25) is 0 Å². The number of aryl methyl sites for hydroxylation is 1. The summed E-state index contributed by atoms with van der Waals surface area (Å²) >= 11 is 0. The molecule has 2 aromatic heterocycles. The first kappa shape index (κ1) is 29.9. The van der Waals surface area contributed by atoms with E-state index in [1.807, 2.05) is 9.80 Å². The van der Waals surface area contributed by atoms with E-state index < -0.39 is 57.2 Å². The molecule has 2 bridgehead atoms. The predicted octanol–water partition coefficient (Wildman–Crippen LogP) is 5.46. The summed E-state index contributed by atoms with van der Waals surface area (Å²) in [6, 6.07) is 0.922. The number of nitrogens with two attached hydrogens (primary N) is 1. The molecule has 1 aromatic carbocycles. The minimum atomic E-state index is -5.04. The Morgan fingerprint density at radius 1 is 1.09 bits per heavy atom. The number of nitrogens with one attached hydrogen (secondary N) is 1. The average molecular weight is 652 g/mol. The molecule has 3 N–H and O–H groups in total. The van der Waals surface area contributed by atoms with E-state index in [1.165, 1.54) is 0 Å². The van der Waals surface area contributed by atoms with E-state index in [1.54, 1.807) is 0 Å². The van der Waals surface area contributed by atoms with Crippen molar-refractivity contribution in [2.24, 2.45) is 5.41 Å². The molecule has 4 atom stereocenters. The maximum Gasteiger partial charge on any atom is 0.417 e. The van der Waals surface area contributed by atoms with Gasteiger partial charge in [-0.15, -0.1) is 0 Å². The highest BCUT2D eigenvalue weighted by Crippen LogP contribution is 2.69. The van der Waals surface area contributed by atoms with Crippen LogP contribution in [0, 0.1) is 24.0 Å². The number of fused-ring (bicyclic) bond motifs is 4. The monoisotopic (exact) mass is 651 g/mol. The lowest BCUT2D eigenvalue weighted by Crippen LogP contribution is -2.51. The van der Waals surface area contributed by atoms with Crippen molar-refractivity contribution in [3.8, 4) is 17.3 Å². The standard InChI is InChI=1S/C31H32F7N7O/c1-15-7-19(39)22(32)20(21(15)31(36,37)38)25-23(33)24-18(8-40-25)26(44-9-16-3-4-17(10-44)41-16)43-27(42-24)46-14-29-5-2-6-45(29)13-28(11-29)12-30(28,34)35/h7-8,16-17,41H,2-6,9-14,39H2,1H3/t16-,17+,28-,29-/m0/s1. The van der Waals surface area contributed by atoms with Gasteiger partial charge < -0.3 is 20.7 Å². The quantitative estimate of drug-likeness (QED) is 0.278. The fourth-order valence-corrected chi connectivity index (χ4v) is 8.53. The second-order valence-corrected chi connectivity index (χ2v) is 13.8. The summed E-state index contributed by atoms with van der Waals surface area (Å²) in [4.78, 5) is 16.9. The number of benzene rings is 1. The first-order valence-electron chi connectivity index (χ1n) is 15.5. The van der Waals surface area contributed by atoms with Crippen LogP contribution < -0.4 is 20.7 Å². The van der Waals surface area contributed by atoms with Crippen molar-refractivity contribution in [1.82, 2.24) is 25.2 Å². The van der Waals surface area contributed by atoms with Crippen molar-refractivity contribution in [2.75, 3.05) is 43.4 Å². The van der Waals surface area contributed by atoms with Gasteiger partial charge in [-0.25, -0.2) is 17.6 Å². The first-order valence-corrected chi connectivity index (χ1v) is 15.5.